The van der Waals surface area contributed by atoms with E-state index in [0.29, 0.717) is 30.4 Å². The van der Waals surface area contributed by atoms with Crippen molar-refractivity contribution < 1.29 is 14.4 Å². The molecule has 0 saturated carbocycles. The molecule has 2 amide bonds. The monoisotopic (exact) mass is 453 g/mol. The first-order valence-electron chi connectivity index (χ1n) is 11.1. The van der Waals surface area contributed by atoms with E-state index in [2.05, 4.69) is 26.0 Å². The number of nitrogens with zero attached hydrogens (tertiary/aromatic N) is 2. The Bertz CT molecular complexity index is 1420. The van der Waals surface area contributed by atoms with Gasteiger partial charge in [0.1, 0.15) is 11.6 Å². The fourth-order valence-corrected chi connectivity index (χ4v) is 4.43. The van der Waals surface area contributed by atoms with E-state index in [-0.39, 0.29) is 17.6 Å². The normalized spacial score (nSPS) is 13.5. The van der Waals surface area contributed by atoms with E-state index in [1.807, 2.05) is 42.5 Å². The van der Waals surface area contributed by atoms with Crippen molar-refractivity contribution in [2.45, 2.75) is 25.3 Å². The standard InChI is InChI=1S/C26H23N5O3/c1-27-26(34)22(28-25(33)18-8-10-19-17(14-18)9-11-23(19)32)13-15-4-2-5-16(12-15)20-6-3-7-21-24(20)30-31-29-21/h2-8,10,12,14,22H,9,11,13H2,1H3,(H,27,34)(H,28,33)(H,29,30,31)/t22-/m1/s1. The van der Waals surface area contributed by atoms with Crippen LogP contribution in [-0.2, 0) is 17.6 Å². The number of aromatic amines is 1. The maximum Gasteiger partial charge on any atom is 0.251 e. The Kier molecular flexibility index (Phi) is 5.63. The molecule has 1 heterocycles. The number of ketones is 1. The highest BCUT2D eigenvalue weighted by Crippen LogP contribution is 2.27. The summed E-state index contributed by atoms with van der Waals surface area (Å²) < 4.78 is 0. The summed E-state index contributed by atoms with van der Waals surface area (Å²) in [5.41, 5.74) is 6.42. The highest BCUT2D eigenvalue weighted by molar-refractivity contribution is 6.03. The van der Waals surface area contributed by atoms with Crippen LogP contribution in [0.2, 0.25) is 0 Å². The zero-order valence-electron chi connectivity index (χ0n) is 18.6. The number of hydrogen-bond donors (Lipinski definition) is 3. The fraction of sp³-hybridized carbons (Fsp3) is 0.192. The molecule has 0 saturated heterocycles. The fourth-order valence-electron chi connectivity index (χ4n) is 4.43. The van der Waals surface area contributed by atoms with Crippen LogP contribution in [0.4, 0.5) is 0 Å². The lowest BCUT2D eigenvalue weighted by atomic mass is 9.98. The van der Waals surface area contributed by atoms with Crippen molar-refractivity contribution in [2.24, 2.45) is 0 Å². The van der Waals surface area contributed by atoms with Crippen molar-refractivity contribution in [3.63, 3.8) is 0 Å². The number of hydrogen-bond acceptors (Lipinski definition) is 5. The van der Waals surface area contributed by atoms with Gasteiger partial charge in [-0.3, -0.25) is 19.5 Å². The van der Waals surface area contributed by atoms with Gasteiger partial charge in [-0.25, -0.2) is 0 Å². The van der Waals surface area contributed by atoms with Gasteiger partial charge in [-0.15, -0.1) is 5.10 Å². The minimum absolute atomic E-state index is 0.103. The molecule has 170 valence electrons. The summed E-state index contributed by atoms with van der Waals surface area (Å²) in [5.74, 6) is -0.526. The topological polar surface area (TPSA) is 117 Å². The third-order valence-electron chi connectivity index (χ3n) is 6.20. The van der Waals surface area contributed by atoms with Gasteiger partial charge < -0.3 is 10.6 Å². The molecule has 1 aliphatic rings. The molecule has 0 fully saturated rings. The number of likely N-dealkylation sites (N-methyl/N-ethyl adjacent to an activating group) is 1. The van der Waals surface area contributed by atoms with Crippen molar-refractivity contribution in [1.82, 2.24) is 26.0 Å². The van der Waals surface area contributed by atoms with E-state index in [0.717, 1.165) is 33.3 Å². The molecule has 0 unspecified atom stereocenters. The Labute approximate surface area is 195 Å². The van der Waals surface area contributed by atoms with Crippen LogP contribution in [0.3, 0.4) is 0 Å². The van der Waals surface area contributed by atoms with E-state index in [4.69, 9.17) is 0 Å². The third-order valence-corrected chi connectivity index (χ3v) is 6.20. The maximum atomic E-state index is 13.0. The van der Waals surface area contributed by atoms with Crippen molar-refractivity contribution in [3.8, 4) is 11.1 Å². The van der Waals surface area contributed by atoms with Crippen LogP contribution in [0.1, 0.15) is 38.3 Å². The highest BCUT2D eigenvalue weighted by atomic mass is 16.2. The van der Waals surface area contributed by atoms with Crippen LogP contribution in [0, 0.1) is 0 Å². The van der Waals surface area contributed by atoms with Crippen molar-refractivity contribution >= 4 is 28.6 Å². The number of nitrogens with one attached hydrogen (secondary N) is 3. The lowest BCUT2D eigenvalue weighted by molar-refractivity contribution is -0.122. The maximum absolute atomic E-state index is 13.0. The number of aromatic nitrogens is 3. The highest BCUT2D eigenvalue weighted by Gasteiger charge is 2.24. The number of rotatable bonds is 6. The molecule has 1 atom stereocenters. The van der Waals surface area contributed by atoms with Crippen LogP contribution in [0.25, 0.3) is 22.2 Å². The van der Waals surface area contributed by atoms with Gasteiger partial charge in [-0.1, -0.05) is 47.7 Å². The number of Topliss-reactive ketones (excluding diaryl/α,β-unsaturated/α-hetero) is 1. The summed E-state index contributed by atoms with van der Waals surface area (Å²) in [7, 11) is 1.55. The molecule has 8 heteroatoms. The van der Waals surface area contributed by atoms with Gasteiger partial charge in [-0.2, -0.15) is 0 Å². The van der Waals surface area contributed by atoms with Gasteiger partial charge >= 0.3 is 0 Å². The largest absolute Gasteiger partial charge is 0.357 e. The van der Waals surface area contributed by atoms with Crippen LogP contribution < -0.4 is 10.6 Å². The zero-order valence-corrected chi connectivity index (χ0v) is 18.6. The van der Waals surface area contributed by atoms with E-state index in [9.17, 15) is 14.4 Å². The number of carbonyl (C=O) groups is 3. The molecule has 5 rings (SSSR count). The average molecular weight is 454 g/mol. The van der Waals surface area contributed by atoms with Crippen LogP contribution >= 0.6 is 0 Å². The Morgan fingerprint density at radius 3 is 2.74 bits per heavy atom. The van der Waals surface area contributed by atoms with Crippen LogP contribution in [0.15, 0.2) is 60.7 Å². The summed E-state index contributed by atoms with van der Waals surface area (Å²) in [5, 5.41) is 16.4. The molecule has 34 heavy (non-hydrogen) atoms. The second-order valence-electron chi connectivity index (χ2n) is 8.35. The lowest BCUT2D eigenvalue weighted by Crippen LogP contribution is -2.47. The molecular formula is C26H23N5O3. The predicted molar refractivity (Wildman–Crippen MR) is 127 cm³/mol. The van der Waals surface area contributed by atoms with Crippen molar-refractivity contribution in [2.75, 3.05) is 7.05 Å². The minimum atomic E-state index is -0.757. The van der Waals surface area contributed by atoms with Gasteiger partial charge in [-0.05, 0) is 41.3 Å². The Morgan fingerprint density at radius 2 is 1.88 bits per heavy atom. The Hall–Kier alpha value is -4.33. The minimum Gasteiger partial charge on any atom is -0.357 e. The molecule has 8 nitrogen and oxygen atoms in total. The Balaban J connectivity index is 1.38. The summed E-state index contributed by atoms with van der Waals surface area (Å²) in [6, 6.07) is 18.0. The molecular weight excluding hydrogens is 430 g/mol. The Morgan fingerprint density at radius 1 is 1.03 bits per heavy atom. The summed E-state index contributed by atoms with van der Waals surface area (Å²) in [6.45, 7) is 0. The third kappa shape index (κ3) is 4.05. The van der Waals surface area contributed by atoms with Gasteiger partial charge in [0, 0.05) is 36.6 Å². The second kappa shape index (κ2) is 8.90. The first-order valence-corrected chi connectivity index (χ1v) is 11.1. The molecule has 1 aliphatic carbocycles. The number of H-pyrrole nitrogens is 1. The van der Waals surface area contributed by atoms with E-state index >= 15 is 0 Å². The molecule has 3 aromatic carbocycles. The molecule has 0 radical (unpaired) electrons. The van der Waals surface area contributed by atoms with Crippen LogP contribution in [-0.4, -0.2) is 46.1 Å². The smallest absolute Gasteiger partial charge is 0.251 e. The van der Waals surface area contributed by atoms with E-state index in [1.165, 1.54) is 0 Å². The SMILES string of the molecule is CNC(=O)[C@@H](Cc1cccc(-c2cccc3nn[nH]c23)c1)NC(=O)c1ccc2c(c1)CCC2=O. The summed E-state index contributed by atoms with van der Waals surface area (Å²) >= 11 is 0. The van der Waals surface area contributed by atoms with Gasteiger partial charge in [0.2, 0.25) is 5.91 Å². The van der Waals surface area contributed by atoms with Gasteiger partial charge in [0.05, 0.1) is 5.52 Å². The lowest BCUT2D eigenvalue weighted by Gasteiger charge is -2.18. The number of para-hydroxylation sites is 1. The summed E-state index contributed by atoms with van der Waals surface area (Å²) in [4.78, 5) is 37.5. The number of amides is 2. The number of benzene rings is 3. The average Bonchev–Trinajstić information content (AvgIpc) is 3.49. The summed E-state index contributed by atoms with van der Waals surface area (Å²) in [6.07, 6.45) is 1.43. The number of aryl methyl sites for hydroxylation is 1. The first-order chi connectivity index (χ1) is 16.5. The van der Waals surface area contributed by atoms with E-state index < -0.39 is 6.04 Å². The molecule has 1 aromatic heterocycles. The van der Waals surface area contributed by atoms with Crippen molar-refractivity contribution in [3.05, 3.63) is 82.9 Å². The van der Waals surface area contributed by atoms with E-state index in [1.54, 1.807) is 25.2 Å². The molecule has 3 N–H and O–H groups in total. The molecule has 0 aliphatic heterocycles. The zero-order chi connectivity index (χ0) is 23.7. The van der Waals surface area contributed by atoms with Crippen molar-refractivity contribution in [1.29, 1.82) is 0 Å². The predicted octanol–water partition coefficient (Wildman–Crippen LogP) is 2.84. The van der Waals surface area contributed by atoms with Gasteiger partial charge in [0.15, 0.2) is 5.78 Å². The molecule has 0 spiro atoms. The quantitative estimate of drug-likeness (QED) is 0.415. The molecule has 4 aromatic rings. The number of carbonyl (C=O) groups excluding carboxylic acids is 3. The second-order valence-corrected chi connectivity index (χ2v) is 8.35. The molecule has 0 bridgehead atoms. The number of fused-ring (bicyclic) bond motifs is 2. The first kappa shape index (κ1) is 21.5. The van der Waals surface area contributed by atoms with Crippen LogP contribution in [0.5, 0.6) is 0 Å². The van der Waals surface area contributed by atoms with Gasteiger partial charge in [0.25, 0.3) is 5.91 Å².